The minimum absolute atomic E-state index is 0. The van der Waals surface area contributed by atoms with Crippen molar-refractivity contribution in [1.29, 1.82) is 0 Å². The van der Waals surface area contributed by atoms with Gasteiger partial charge < -0.3 is 14.8 Å². The highest BCUT2D eigenvalue weighted by Crippen LogP contribution is 2.33. The van der Waals surface area contributed by atoms with E-state index in [1.807, 2.05) is 0 Å². The second kappa shape index (κ2) is 13.6. The van der Waals surface area contributed by atoms with Gasteiger partial charge in [0.15, 0.2) is 11.5 Å². The Bertz CT molecular complexity index is 1100. The molecule has 2 aromatic carbocycles. The van der Waals surface area contributed by atoms with Gasteiger partial charge in [0.1, 0.15) is 6.61 Å². The second-order valence-electron chi connectivity index (χ2n) is 8.35. The molecule has 2 aromatic rings. The maximum absolute atomic E-state index is 12.7. The third-order valence-corrected chi connectivity index (χ3v) is 5.76. The van der Waals surface area contributed by atoms with Gasteiger partial charge >= 0.3 is 12.1 Å². The first-order chi connectivity index (χ1) is 16.7. The summed E-state index contributed by atoms with van der Waals surface area (Å²) in [6, 6.07) is 7.77. The van der Waals surface area contributed by atoms with Crippen LogP contribution in [-0.4, -0.2) is 44.2 Å². The molecular weight excluding hydrogens is 516 g/mol. The minimum atomic E-state index is -4.51. The van der Waals surface area contributed by atoms with Crippen LogP contribution in [0.2, 0.25) is 5.02 Å². The fourth-order valence-electron chi connectivity index (χ4n) is 3.50. The number of benzene rings is 2. The Balaban J connectivity index is 0.00000456. The Labute approximate surface area is 220 Å². The van der Waals surface area contributed by atoms with E-state index < -0.39 is 17.6 Å². The largest absolute Gasteiger partial charge is 0.493 e. The fraction of sp³-hybridized carbons (Fsp3) is 0.423. The lowest BCUT2D eigenvalue weighted by molar-refractivity contribution is -0.137. The summed E-state index contributed by atoms with van der Waals surface area (Å²) in [4.78, 5) is 14.6. The molecule has 196 valence electrons. The van der Waals surface area contributed by atoms with Crippen LogP contribution < -0.4 is 14.8 Å². The van der Waals surface area contributed by atoms with E-state index in [0.717, 1.165) is 50.2 Å². The number of amides is 1. The molecule has 10 heteroatoms. The maximum Gasteiger partial charge on any atom is 0.416 e. The van der Waals surface area contributed by atoms with Crippen molar-refractivity contribution in [3.63, 3.8) is 0 Å². The van der Waals surface area contributed by atoms with Gasteiger partial charge in [-0.05, 0) is 62.1 Å². The van der Waals surface area contributed by atoms with Crippen LogP contribution >= 0.6 is 24.0 Å². The van der Waals surface area contributed by atoms with Crippen LogP contribution in [-0.2, 0) is 11.0 Å². The molecule has 0 heterocycles. The highest BCUT2D eigenvalue weighted by Gasteiger charge is 2.30. The number of rotatable bonds is 10. The summed E-state index contributed by atoms with van der Waals surface area (Å²) >= 11 is 5.87. The number of hydrogen-bond donors (Lipinski definition) is 1. The van der Waals surface area contributed by atoms with Crippen LogP contribution in [0.4, 0.5) is 18.9 Å². The number of nitrogens with one attached hydrogen (secondary N) is 1. The molecule has 0 unspecified atom stereocenters. The zero-order chi connectivity index (χ0) is 25.4. The zero-order valence-electron chi connectivity index (χ0n) is 20.1. The standard InChI is InChI=1S/C26H28ClF3N2O3.ClH/c1-3-12-32(17-18-4-5-18)13-14-35-23-10-9-21(16-24(23)34-2)31-25(33)11-7-19-6-8-20(15-22(19)27)26(28,29)30;/h6,8-10,15-16,18H,3-5,12-14,17H2,1-2H3,(H,31,33);1H. The quantitative estimate of drug-likeness (QED) is 0.357. The molecule has 0 bridgehead atoms. The van der Waals surface area contributed by atoms with Crippen LogP contribution in [0.3, 0.4) is 0 Å². The molecule has 1 aliphatic rings. The van der Waals surface area contributed by atoms with Crippen molar-refractivity contribution in [2.24, 2.45) is 5.92 Å². The van der Waals surface area contributed by atoms with E-state index in [-0.39, 0.29) is 23.0 Å². The molecule has 1 fully saturated rings. The molecule has 0 aromatic heterocycles. The number of carbonyl (C=O) groups excluding carboxylic acids is 1. The van der Waals surface area contributed by atoms with Gasteiger partial charge in [-0.2, -0.15) is 13.2 Å². The first-order valence-electron chi connectivity index (χ1n) is 11.4. The maximum atomic E-state index is 12.7. The number of nitrogens with zero attached hydrogens (tertiary/aromatic N) is 1. The van der Waals surface area contributed by atoms with Crippen molar-refractivity contribution in [2.45, 2.75) is 32.4 Å². The van der Waals surface area contributed by atoms with E-state index in [0.29, 0.717) is 23.8 Å². The third-order valence-electron chi connectivity index (χ3n) is 5.45. The number of halogens is 5. The van der Waals surface area contributed by atoms with Gasteiger partial charge in [0.2, 0.25) is 0 Å². The number of carbonyl (C=O) groups is 1. The second-order valence-corrected chi connectivity index (χ2v) is 8.76. The molecule has 1 saturated carbocycles. The van der Waals surface area contributed by atoms with Crippen molar-refractivity contribution in [2.75, 3.05) is 38.7 Å². The molecule has 1 N–H and O–H groups in total. The average molecular weight is 545 g/mol. The van der Waals surface area contributed by atoms with Crippen LogP contribution in [0.25, 0.3) is 0 Å². The molecule has 36 heavy (non-hydrogen) atoms. The number of methoxy groups -OCH3 is 1. The van der Waals surface area contributed by atoms with E-state index in [9.17, 15) is 18.0 Å². The smallest absolute Gasteiger partial charge is 0.416 e. The summed E-state index contributed by atoms with van der Waals surface area (Å²) in [6.07, 6.45) is -0.792. The van der Waals surface area contributed by atoms with Crippen molar-refractivity contribution in [3.05, 3.63) is 52.5 Å². The minimum Gasteiger partial charge on any atom is -0.493 e. The molecule has 0 aliphatic heterocycles. The summed E-state index contributed by atoms with van der Waals surface area (Å²) < 4.78 is 49.6. The van der Waals surface area contributed by atoms with Gasteiger partial charge in [0.05, 0.1) is 17.7 Å². The lowest BCUT2D eigenvalue weighted by atomic mass is 10.1. The predicted molar refractivity (Wildman–Crippen MR) is 137 cm³/mol. The summed E-state index contributed by atoms with van der Waals surface area (Å²) in [5, 5.41) is 2.43. The van der Waals surface area contributed by atoms with Gasteiger partial charge in [-0.1, -0.05) is 24.4 Å². The molecule has 0 spiro atoms. The van der Waals surface area contributed by atoms with E-state index >= 15 is 0 Å². The van der Waals surface area contributed by atoms with Gasteiger partial charge in [-0.25, -0.2) is 0 Å². The Morgan fingerprint density at radius 1 is 1.17 bits per heavy atom. The van der Waals surface area contributed by atoms with E-state index in [2.05, 4.69) is 29.0 Å². The summed E-state index contributed by atoms with van der Waals surface area (Å²) in [6.45, 7) is 5.67. The van der Waals surface area contributed by atoms with Crippen LogP contribution in [0.5, 0.6) is 11.5 Å². The first-order valence-corrected chi connectivity index (χ1v) is 11.8. The third kappa shape index (κ3) is 9.12. The fourth-order valence-corrected chi connectivity index (χ4v) is 3.73. The number of ether oxygens (including phenoxy) is 2. The SMILES string of the molecule is CCCN(CCOc1ccc(NC(=O)C#Cc2ccc(C(F)(F)F)cc2Cl)cc1OC)CC1CC1.Cl. The Morgan fingerprint density at radius 3 is 2.53 bits per heavy atom. The topological polar surface area (TPSA) is 50.8 Å². The van der Waals surface area contributed by atoms with Gasteiger partial charge in [-0.3, -0.25) is 9.69 Å². The lowest BCUT2D eigenvalue weighted by Gasteiger charge is -2.22. The number of anilines is 1. The van der Waals surface area contributed by atoms with Crippen molar-refractivity contribution < 1.29 is 27.4 Å². The highest BCUT2D eigenvalue weighted by molar-refractivity contribution is 6.31. The van der Waals surface area contributed by atoms with Gasteiger partial charge in [-0.15, -0.1) is 12.4 Å². The molecule has 0 radical (unpaired) electrons. The molecule has 0 saturated heterocycles. The normalized spacial score (nSPS) is 12.9. The van der Waals surface area contributed by atoms with Crippen LogP contribution in [0.15, 0.2) is 36.4 Å². The molecule has 0 atom stereocenters. The Kier molecular flexibility index (Phi) is 11.2. The number of hydrogen-bond acceptors (Lipinski definition) is 4. The average Bonchev–Trinajstić information content (AvgIpc) is 3.62. The predicted octanol–water partition coefficient (Wildman–Crippen LogP) is 6.28. The van der Waals surface area contributed by atoms with Crippen molar-refractivity contribution >= 4 is 35.6 Å². The summed E-state index contributed by atoms with van der Waals surface area (Å²) in [5.74, 6) is 6.03. The molecule has 1 aliphatic carbocycles. The number of alkyl halides is 3. The van der Waals surface area contributed by atoms with E-state index in [1.165, 1.54) is 20.0 Å². The molecule has 5 nitrogen and oxygen atoms in total. The van der Waals surface area contributed by atoms with Gasteiger partial charge in [0.25, 0.3) is 0 Å². The monoisotopic (exact) mass is 544 g/mol. The van der Waals surface area contributed by atoms with Crippen molar-refractivity contribution in [3.8, 4) is 23.3 Å². The molecule has 1 amide bonds. The van der Waals surface area contributed by atoms with Crippen LogP contribution in [0, 0.1) is 17.8 Å². The molecule has 3 rings (SSSR count). The first kappa shape index (κ1) is 29.6. The van der Waals surface area contributed by atoms with Crippen LogP contribution in [0.1, 0.15) is 37.3 Å². The van der Waals surface area contributed by atoms with E-state index in [1.54, 1.807) is 18.2 Å². The lowest BCUT2D eigenvalue weighted by Crippen LogP contribution is -2.31. The Morgan fingerprint density at radius 2 is 1.92 bits per heavy atom. The molecular formula is C26H29Cl2F3N2O3. The van der Waals surface area contributed by atoms with Gasteiger partial charge in [0, 0.05) is 36.3 Å². The summed E-state index contributed by atoms with van der Waals surface area (Å²) in [7, 11) is 1.51. The zero-order valence-corrected chi connectivity index (χ0v) is 21.7. The van der Waals surface area contributed by atoms with Crippen molar-refractivity contribution in [1.82, 2.24) is 4.90 Å². The summed E-state index contributed by atoms with van der Waals surface area (Å²) in [5.41, 5.74) is -0.323. The van der Waals surface area contributed by atoms with E-state index in [4.69, 9.17) is 21.1 Å². The Hall–Kier alpha value is -2.60. The highest BCUT2D eigenvalue weighted by atomic mass is 35.5.